The number of hydrogen-bond acceptors (Lipinski definition) is 3. The van der Waals surface area contributed by atoms with Crippen molar-refractivity contribution in [2.24, 2.45) is 5.73 Å². The molecule has 3 N–H and O–H groups in total. The van der Waals surface area contributed by atoms with Crippen molar-refractivity contribution in [2.75, 3.05) is 19.8 Å². The summed E-state index contributed by atoms with van der Waals surface area (Å²) in [7, 11) is 0. The molecular formula is C7H15NO2. The predicted molar refractivity (Wildman–Crippen MR) is 38.7 cm³/mol. The number of rotatable bonds is 2. The van der Waals surface area contributed by atoms with Gasteiger partial charge in [-0.25, -0.2) is 0 Å². The molecule has 0 bridgehead atoms. The first-order valence-electron chi connectivity index (χ1n) is 3.77. The number of aliphatic hydroxyl groups is 1. The maximum Gasteiger partial charge on any atom is 0.0893 e. The molecule has 0 aromatic heterocycles. The van der Waals surface area contributed by atoms with E-state index in [1.54, 1.807) is 0 Å². The molecule has 0 aromatic carbocycles. The van der Waals surface area contributed by atoms with Gasteiger partial charge in [0, 0.05) is 6.61 Å². The highest BCUT2D eigenvalue weighted by Crippen LogP contribution is 2.21. The lowest BCUT2D eigenvalue weighted by Crippen LogP contribution is -2.40. The van der Waals surface area contributed by atoms with Crippen molar-refractivity contribution >= 4 is 0 Å². The zero-order chi connectivity index (χ0) is 7.45. The summed E-state index contributed by atoms with van der Waals surface area (Å²) in [6.07, 6.45) is 2.45. The molecule has 1 saturated heterocycles. The van der Waals surface area contributed by atoms with Gasteiger partial charge in [-0.05, 0) is 25.8 Å². The molecule has 3 nitrogen and oxygen atoms in total. The van der Waals surface area contributed by atoms with Gasteiger partial charge in [-0.3, -0.25) is 0 Å². The lowest BCUT2D eigenvalue weighted by Gasteiger charge is -2.31. The van der Waals surface area contributed by atoms with Crippen LogP contribution in [0.5, 0.6) is 0 Å². The van der Waals surface area contributed by atoms with Crippen molar-refractivity contribution in [1.82, 2.24) is 0 Å². The average Bonchev–Trinajstić information content (AvgIpc) is 1.89. The molecule has 10 heavy (non-hydrogen) atoms. The SMILES string of the molecule is NCC[C@]1(O)CCCOC1. The maximum absolute atomic E-state index is 9.67. The van der Waals surface area contributed by atoms with Crippen molar-refractivity contribution in [3.63, 3.8) is 0 Å². The zero-order valence-electron chi connectivity index (χ0n) is 6.18. The molecule has 1 fully saturated rings. The highest BCUT2D eigenvalue weighted by Gasteiger charge is 2.28. The van der Waals surface area contributed by atoms with E-state index in [4.69, 9.17) is 10.5 Å². The Morgan fingerprint density at radius 3 is 2.90 bits per heavy atom. The third-order valence-electron chi connectivity index (χ3n) is 1.91. The van der Waals surface area contributed by atoms with Crippen molar-refractivity contribution in [3.05, 3.63) is 0 Å². The van der Waals surface area contributed by atoms with E-state index in [1.807, 2.05) is 0 Å². The molecule has 0 aromatic rings. The fourth-order valence-electron chi connectivity index (χ4n) is 1.30. The Labute approximate surface area is 61.2 Å². The minimum absolute atomic E-state index is 0.462. The molecule has 0 amide bonds. The number of ether oxygens (including phenoxy) is 1. The largest absolute Gasteiger partial charge is 0.387 e. The topological polar surface area (TPSA) is 55.5 Å². The zero-order valence-corrected chi connectivity index (χ0v) is 6.18. The average molecular weight is 145 g/mol. The summed E-state index contributed by atoms with van der Waals surface area (Å²) >= 11 is 0. The molecule has 1 heterocycles. The van der Waals surface area contributed by atoms with Crippen molar-refractivity contribution in [2.45, 2.75) is 24.9 Å². The van der Waals surface area contributed by atoms with E-state index in [2.05, 4.69) is 0 Å². The van der Waals surface area contributed by atoms with Crippen LogP contribution >= 0.6 is 0 Å². The first kappa shape index (κ1) is 7.98. The maximum atomic E-state index is 9.67. The first-order chi connectivity index (χ1) is 4.77. The smallest absolute Gasteiger partial charge is 0.0893 e. The van der Waals surface area contributed by atoms with Crippen LogP contribution in [0, 0.1) is 0 Å². The van der Waals surface area contributed by atoms with Gasteiger partial charge in [-0.2, -0.15) is 0 Å². The van der Waals surface area contributed by atoms with E-state index in [0.29, 0.717) is 19.6 Å². The third kappa shape index (κ3) is 1.94. The van der Waals surface area contributed by atoms with Gasteiger partial charge in [-0.1, -0.05) is 0 Å². The van der Waals surface area contributed by atoms with Crippen LogP contribution in [0.15, 0.2) is 0 Å². The van der Waals surface area contributed by atoms with E-state index in [0.717, 1.165) is 19.4 Å². The Morgan fingerprint density at radius 2 is 2.40 bits per heavy atom. The Bertz CT molecular complexity index is 94.3. The van der Waals surface area contributed by atoms with E-state index < -0.39 is 5.60 Å². The fourth-order valence-corrected chi connectivity index (χ4v) is 1.30. The van der Waals surface area contributed by atoms with E-state index in [-0.39, 0.29) is 0 Å². The van der Waals surface area contributed by atoms with E-state index in [1.165, 1.54) is 0 Å². The van der Waals surface area contributed by atoms with Gasteiger partial charge in [0.25, 0.3) is 0 Å². The van der Waals surface area contributed by atoms with Crippen LogP contribution in [0.1, 0.15) is 19.3 Å². The predicted octanol–water partition coefficient (Wildman–Crippen LogP) is -0.123. The summed E-state index contributed by atoms with van der Waals surface area (Å²) in [4.78, 5) is 0. The van der Waals surface area contributed by atoms with Crippen molar-refractivity contribution in [3.8, 4) is 0 Å². The summed E-state index contributed by atoms with van der Waals surface area (Å²) in [6, 6.07) is 0. The second-order valence-electron chi connectivity index (χ2n) is 2.92. The minimum atomic E-state index is -0.618. The van der Waals surface area contributed by atoms with Crippen LogP contribution in [0.3, 0.4) is 0 Å². The molecule has 3 heteroatoms. The van der Waals surface area contributed by atoms with E-state index in [9.17, 15) is 5.11 Å². The second-order valence-corrected chi connectivity index (χ2v) is 2.92. The third-order valence-corrected chi connectivity index (χ3v) is 1.91. The summed E-state index contributed by atoms with van der Waals surface area (Å²) in [5.74, 6) is 0. The summed E-state index contributed by atoms with van der Waals surface area (Å²) in [5, 5.41) is 9.67. The van der Waals surface area contributed by atoms with Gasteiger partial charge in [0.15, 0.2) is 0 Å². The monoisotopic (exact) mass is 145 g/mol. The van der Waals surface area contributed by atoms with Gasteiger partial charge in [0.05, 0.1) is 12.2 Å². The molecule has 1 atom stereocenters. The molecule has 0 aliphatic carbocycles. The standard InChI is InChI=1S/C7H15NO2/c8-4-3-7(9)2-1-5-10-6-7/h9H,1-6,8H2/t7-/m1/s1. The van der Waals surface area contributed by atoms with Crippen LogP contribution in [0.2, 0.25) is 0 Å². The van der Waals surface area contributed by atoms with Crippen LogP contribution in [0.4, 0.5) is 0 Å². The molecule has 0 spiro atoms. The molecule has 0 unspecified atom stereocenters. The van der Waals surface area contributed by atoms with Gasteiger partial charge in [-0.15, -0.1) is 0 Å². The highest BCUT2D eigenvalue weighted by molar-refractivity contribution is 4.80. The molecule has 1 aliphatic heterocycles. The van der Waals surface area contributed by atoms with Crippen molar-refractivity contribution in [1.29, 1.82) is 0 Å². The molecule has 0 radical (unpaired) electrons. The number of hydrogen-bond donors (Lipinski definition) is 2. The molecule has 1 rings (SSSR count). The van der Waals surface area contributed by atoms with Crippen LogP contribution in [-0.2, 0) is 4.74 Å². The lowest BCUT2D eigenvalue weighted by molar-refractivity contribution is -0.0880. The second kappa shape index (κ2) is 3.32. The highest BCUT2D eigenvalue weighted by atomic mass is 16.5. The number of nitrogens with two attached hydrogens (primary N) is 1. The minimum Gasteiger partial charge on any atom is -0.387 e. The van der Waals surface area contributed by atoms with E-state index >= 15 is 0 Å². The Kier molecular flexibility index (Phi) is 2.65. The quantitative estimate of drug-likeness (QED) is 0.569. The van der Waals surface area contributed by atoms with Crippen molar-refractivity contribution < 1.29 is 9.84 Å². The molecular weight excluding hydrogens is 130 g/mol. The van der Waals surface area contributed by atoms with Gasteiger partial charge >= 0.3 is 0 Å². The van der Waals surface area contributed by atoms with Gasteiger partial charge in [0.2, 0.25) is 0 Å². The summed E-state index contributed by atoms with van der Waals surface area (Å²) in [5.41, 5.74) is 4.71. The molecule has 1 aliphatic rings. The summed E-state index contributed by atoms with van der Waals surface area (Å²) < 4.78 is 5.13. The fraction of sp³-hybridized carbons (Fsp3) is 1.00. The van der Waals surface area contributed by atoms with Crippen LogP contribution in [0.25, 0.3) is 0 Å². The normalized spacial score (nSPS) is 34.2. The van der Waals surface area contributed by atoms with Gasteiger partial charge < -0.3 is 15.6 Å². The molecule has 0 saturated carbocycles. The Morgan fingerprint density at radius 1 is 1.60 bits per heavy atom. The molecule has 60 valence electrons. The van der Waals surface area contributed by atoms with Crippen LogP contribution < -0.4 is 5.73 Å². The van der Waals surface area contributed by atoms with Gasteiger partial charge in [0.1, 0.15) is 0 Å². The first-order valence-corrected chi connectivity index (χ1v) is 3.77. The lowest BCUT2D eigenvalue weighted by atomic mass is 9.93. The summed E-state index contributed by atoms with van der Waals surface area (Å²) in [6.45, 7) is 1.79. The Hall–Kier alpha value is -0.120. The van der Waals surface area contributed by atoms with Crippen LogP contribution in [-0.4, -0.2) is 30.5 Å². The Balaban J connectivity index is 2.32.